The van der Waals surface area contributed by atoms with Gasteiger partial charge in [-0.2, -0.15) is 5.10 Å². The predicted octanol–water partition coefficient (Wildman–Crippen LogP) is 3.33. The van der Waals surface area contributed by atoms with Gasteiger partial charge in [0, 0.05) is 37.3 Å². The van der Waals surface area contributed by atoms with Gasteiger partial charge < -0.3 is 10.6 Å². The number of hydrogen-bond donors (Lipinski definition) is 2. The minimum absolute atomic E-state index is 0.451. The van der Waals surface area contributed by atoms with Crippen molar-refractivity contribution < 1.29 is 0 Å². The summed E-state index contributed by atoms with van der Waals surface area (Å²) >= 11 is 12.5. The third-order valence-corrected chi connectivity index (χ3v) is 4.32. The molecule has 3 N–H and O–H groups in total. The lowest BCUT2D eigenvalue weighted by Gasteiger charge is -2.19. The molecule has 0 radical (unpaired) electrons. The highest BCUT2D eigenvalue weighted by Gasteiger charge is 2.14. The van der Waals surface area contributed by atoms with Crippen LogP contribution in [0.5, 0.6) is 0 Å². The molecule has 0 aliphatic rings. The van der Waals surface area contributed by atoms with Gasteiger partial charge >= 0.3 is 0 Å². The Morgan fingerprint density at radius 3 is 2.82 bits per heavy atom. The first-order valence-corrected chi connectivity index (χ1v) is 7.56. The van der Waals surface area contributed by atoms with Crippen molar-refractivity contribution in [3.05, 3.63) is 40.6 Å². The standard InChI is InChI=1S/C15H15Cl2N5/c1-22(5-4-18)13-6-11(9-7-19-20-8-9)10-2-3-12(16)14(17)15(10)21-13/h2-3,6-8H,4-5,18H2,1H3,(H,19,20). The number of H-pyrrole nitrogens is 1. The number of hydrogen-bond acceptors (Lipinski definition) is 4. The Balaban J connectivity index is 2.29. The second kappa shape index (κ2) is 6.12. The van der Waals surface area contributed by atoms with Crippen LogP contribution in [0.3, 0.4) is 0 Å². The van der Waals surface area contributed by atoms with Gasteiger partial charge in [0.2, 0.25) is 0 Å². The van der Waals surface area contributed by atoms with Gasteiger partial charge in [-0.15, -0.1) is 0 Å². The molecule has 2 aromatic heterocycles. The van der Waals surface area contributed by atoms with Gasteiger partial charge in [0.05, 0.1) is 21.8 Å². The maximum Gasteiger partial charge on any atom is 0.129 e. The van der Waals surface area contributed by atoms with E-state index in [9.17, 15) is 0 Å². The smallest absolute Gasteiger partial charge is 0.129 e. The van der Waals surface area contributed by atoms with Gasteiger partial charge in [0.1, 0.15) is 5.82 Å². The van der Waals surface area contributed by atoms with Gasteiger partial charge in [0.15, 0.2) is 0 Å². The van der Waals surface area contributed by atoms with Gasteiger partial charge in [0.25, 0.3) is 0 Å². The molecule has 3 rings (SSSR count). The normalized spacial score (nSPS) is 11.1. The number of halogens is 2. The lowest BCUT2D eigenvalue weighted by Crippen LogP contribution is -2.25. The number of fused-ring (bicyclic) bond motifs is 1. The number of nitrogens with two attached hydrogens (primary N) is 1. The first-order valence-electron chi connectivity index (χ1n) is 6.81. The number of rotatable bonds is 4. The monoisotopic (exact) mass is 335 g/mol. The van der Waals surface area contributed by atoms with E-state index in [-0.39, 0.29) is 0 Å². The van der Waals surface area contributed by atoms with E-state index in [4.69, 9.17) is 28.9 Å². The summed E-state index contributed by atoms with van der Waals surface area (Å²) in [6.45, 7) is 1.24. The number of benzene rings is 1. The van der Waals surface area contributed by atoms with E-state index in [1.807, 2.05) is 30.3 Å². The van der Waals surface area contributed by atoms with E-state index in [2.05, 4.69) is 15.2 Å². The van der Waals surface area contributed by atoms with Gasteiger partial charge in [-0.25, -0.2) is 4.98 Å². The van der Waals surface area contributed by atoms with E-state index >= 15 is 0 Å². The van der Waals surface area contributed by atoms with E-state index in [0.717, 1.165) is 22.3 Å². The molecule has 22 heavy (non-hydrogen) atoms. The van der Waals surface area contributed by atoms with Crippen LogP contribution >= 0.6 is 23.2 Å². The van der Waals surface area contributed by atoms with Crippen LogP contribution in [0.2, 0.25) is 10.0 Å². The van der Waals surface area contributed by atoms with E-state index < -0.39 is 0 Å². The van der Waals surface area contributed by atoms with Gasteiger partial charge in [-0.05, 0) is 17.7 Å². The fraction of sp³-hybridized carbons (Fsp3) is 0.200. The minimum Gasteiger partial charge on any atom is -0.358 e. The summed E-state index contributed by atoms with van der Waals surface area (Å²) in [6, 6.07) is 5.71. The molecule has 2 heterocycles. The quantitative estimate of drug-likeness (QED) is 0.767. The van der Waals surface area contributed by atoms with Crippen LogP contribution in [-0.2, 0) is 0 Å². The molecule has 0 atom stereocenters. The fourth-order valence-corrected chi connectivity index (χ4v) is 2.72. The number of aromatic nitrogens is 3. The zero-order valence-electron chi connectivity index (χ0n) is 12.0. The Hall–Kier alpha value is -1.82. The number of pyridine rings is 1. The summed E-state index contributed by atoms with van der Waals surface area (Å²) in [4.78, 5) is 6.63. The Bertz CT molecular complexity index is 801. The van der Waals surface area contributed by atoms with Crippen LogP contribution in [0.25, 0.3) is 22.0 Å². The summed E-state index contributed by atoms with van der Waals surface area (Å²) in [6.07, 6.45) is 3.61. The lowest BCUT2D eigenvalue weighted by atomic mass is 10.0. The average Bonchev–Trinajstić information content (AvgIpc) is 3.04. The maximum atomic E-state index is 6.35. The third kappa shape index (κ3) is 2.63. The molecule has 0 amide bonds. The molecule has 3 aromatic rings. The summed E-state index contributed by atoms with van der Waals surface area (Å²) < 4.78 is 0. The molecule has 1 aromatic carbocycles. The van der Waals surface area contributed by atoms with Crippen molar-refractivity contribution in [3.8, 4) is 11.1 Å². The van der Waals surface area contributed by atoms with Crippen LogP contribution in [0.1, 0.15) is 0 Å². The Kier molecular flexibility index (Phi) is 4.20. The first-order chi connectivity index (χ1) is 10.6. The molecule has 0 saturated carbocycles. The molecule has 0 unspecified atom stereocenters. The molecule has 0 aliphatic carbocycles. The van der Waals surface area contributed by atoms with Crippen molar-refractivity contribution in [2.45, 2.75) is 0 Å². The molecular weight excluding hydrogens is 321 g/mol. The highest BCUT2D eigenvalue weighted by atomic mass is 35.5. The van der Waals surface area contributed by atoms with Gasteiger partial charge in [-0.1, -0.05) is 29.3 Å². The fourth-order valence-electron chi connectivity index (χ4n) is 2.36. The first kappa shape index (κ1) is 15.1. The van der Waals surface area contributed by atoms with Crippen LogP contribution in [0, 0.1) is 0 Å². The molecule has 0 aliphatic heterocycles. The minimum atomic E-state index is 0.451. The molecule has 0 fully saturated rings. The van der Waals surface area contributed by atoms with Crippen molar-refractivity contribution in [1.29, 1.82) is 0 Å². The number of nitrogens with zero attached hydrogens (tertiary/aromatic N) is 3. The number of aromatic amines is 1. The Morgan fingerprint density at radius 2 is 2.14 bits per heavy atom. The van der Waals surface area contributed by atoms with E-state index in [1.165, 1.54) is 0 Å². The Labute approximate surface area is 138 Å². The second-order valence-corrected chi connectivity index (χ2v) is 5.77. The van der Waals surface area contributed by atoms with Crippen molar-refractivity contribution >= 4 is 39.9 Å². The molecule has 0 spiro atoms. The molecule has 0 bridgehead atoms. The molecule has 114 valence electrons. The maximum absolute atomic E-state index is 6.35. The van der Waals surface area contributed by atoms with Crippen LogP contribution < -0.4 is 10.6 Å². The molecule has 5 nitrogen and oxygen atoms in total. The van der Waals surface area contributed by atoms with Crippen LogP contribution in [-0.4, -0.2) is 35.3 Å². The average molecular weight is 336 g/mol. The van der Waals surface area contributed by atoms with Crippen molar-refractivity contribution in [2.75, 3.05) is 25.0 Å². The summed E-state index contributed by atoms with van der Waals surface area (Å²) in [5, 5.41) is 8.71. The highest BCUT2D eigenvalue weighted by Crippen LogP contribution is 2.36. The topological polar surface area (TPSA) is 70.8 Å². The largest absolute Gasteiger partial charge is 0.358 e. The van der Waals surface area contributed by atoms with Crippen molar-refractivity contribution in [2.24, 2.45) is 5.73 Å². The summed E-state index contributed by atoms with van der Waals surface area (Å²) in [5.74, 6) is 0.790. The van der Waals surface area contributed by atoms with E-state index in [0.29, 0.717) is 28.7 Å². The lowest BCUT2D eigenvalue weighted by molar-refractivity contribution is 0.872. The van der Waals surface area contributed by atoms with Crippen molar-refractivity contribution in [1.82, 2.24) is 15.2 Å². The third-order valence-electron chi connectivity index (χ3n) is 3.52. The Morgan fingerprint density at radius 1 is 1.32 bits per heavy atom. The second-order valence-electron chi connectivity index (χ2n) is 4.98. The number of likely N-dealkylation sites (N-methyl/N-ethyl adjacent to an activating group) is 1. The van der Waals surface area contributed by atoms with Crippen molar-refractivity contribution in [3.63, 3.8) is 0 Å². The highest BCUT2D eigenvalue weighted by molar-refractivity contribution is 6.45. The zero-order chi connectivity index (χ0) is 15.7. The number of nitrogens with one attached hydrogen (secondary N) is 1. The van der Waals surface area contributed by atoms with Crippen LogP contribution in [0.4, 0.5) is 5.82 Å². The van der Waals surface area contributed by atoms with Gasteiger partial charge in [-0.3, -0.25) is 5.10 Å². The summed E-state index contributed by atoms with van der Waals surface area (Å²) in [7, 11) is 1.94. The number of anilines is 1. The predicted molar refractivity (Wildman–Crippen MR) is 91.7 cm³/mol. The van der Waals surface area contributed by atoms with Crippen LogP contribution in [0.15, 0.2) is 30.6 Å². The summed E-state index contributed by atoms with van der Waals surface area (Å²) in [5.41, 5.74) is 8.27. The zero-order valence-corrected chi connectivity index (χ0v) is 13.5. The molecule has 7 heteroatoms. The molecular formula is C15H15Cl2N5. The molecule has 0 saturated heterocycles. The SMILES string of the molecule is CN(CCN)c1cc(-c2cn[nH]c2)c2ccc(Cl)c(Cl)c2n1. The van der Waals surface area contributed by atoms with E-state index in [1.54, 1.807) is 12.3 Å².